The normalized spacial score (nSPS) is 11.7. The molecule has 0 amide bonds. The lowest BCUT2D eigenvalue weighted by molar-refractivity contribution is -0.138. The fourth-order valence-corrected chi connectivity index (χ4v) is 2.15. The van der Waals surface area contributed by atoms with Crippen LogP contribution in [0, 0.1) is 0 Å². The zero-order valence-electron chi connectivity index (χ0n) is 11.7. The Morgan fingerprint density at radius 2 is 2.00 bits per heavy atom. The van der Waals surface area contributed by atoms with Crippen LogP contribution in [0.2, 0.25) is 0 Å². The van der Waals surface area contributed by atoms with E-state index in [1.807, 2.05) is 13.8 Å². The van der Waals surface area contributed by atoms with Crippen molar-refractivity contribution in [3.05, 3.63) is 29.3 Å². The van der Waals surface area contributed by atoms with E-state index >= 15 is 0 Å². The summed E-state index contributed by atoms with van der Waals surface area (Å²) in [6.07, 6.45) is -4.39. The molecule has 0 aromatic heterocycles. The monoisotopic (exact) mass is 307 g/mol. The molecule has 1 aromatic rings. The molecular formula is C14H20F3NOS. The second-order valence-corrected chi connectivity index (χ2v) is 5.55. The number of benzene rings is 1. The topological polar surface area (TPSA) is 21.3 Å². The second-order valence-electron chi connectivity index (χ2n) is 4.15. The summed E-state index contributed by atoms with van der Waals surface area (Å²) in [4.78, 5) is 0. The average molecular weight is 307 g/mol. The average Bonchev–Trinajstić information content (AvgIpc) is 2.41. The summed E-state index contributed by atoms with van der Waals surface area (Å²) in [5.41, 5.74) is -0.0936. The molecule has 0 bridgehead atoms. The summed E-state index contributed by atoms with van der Waals surface area (Å²) >= 11 is 1.64. The molecule has 0 aliphatic heterocycles. The van der Waals surface area contributed by atoms with E-state index in [-0.39, 0.29) is 12.4 Å². The zero-order chi connectivity index (χ0) is 15.0. The Bertz CT molecular complexity index is 410. The third kappa shape index (κ3) is 5.63. The van der Waals surface area contributed by atoms with Crippen LogP contribution in [-0.4, -0.2) is 24.7 Å². The van der Waals surface area contributed by atoms with E-state index in [0.29, 0.717) is 24.4 Å². The van der Waals surface area contributed by atoms with Gasteiger partial charge < -0.3 is 10.1 Å². The molecule has 114 valence electrons. The molecule has 0 saturated carbocycles. The molecule has 1 N–H and O–H groups in total. The minimum absolute atomic E-state index is 0.0885. The van der Waals surface area contributed by atoms with Crippen LogP contribution >= 0.6 is 11.8 Å². The molecule has 0 radical (unpaired) electrons. The van der Waals surface area contributed by atoms with E-state index in [4.69, 9.17) is 4.74 Å². The zero-order valence-corrected chi connectivity index (χ0v) is 12.5. The molecule has 2 nitrogen and oxygen atoms in total. The van der Waals surface area contributed by atoms with E-state index in [9.17, 15) is 13.2 Å². The first-order valence-electron chi connectivity index (χ1n) is 6.60. The molecule has 0 fully saturated rings. The molecule has 6 heteroatoms. The summed E-state index contributed by atoms with van der Waals surface area (Å²) in [5, 5.41) is 3.01. The minimum atomic E-state index is -4.39. The van der Waals surface area contributed by atoms with Crippen LogP contribution in [0.4, 0.5) is 13.2 Å². The quantitative estimate of drug-likeness (QED) is 0.735. The van der Waals surface area contributed by atoms with Gasteiger partial charge in [0.05, 0.1) is 12.2 Å². The second kappa shape index (κ2) is 8.42. The van der Waals surface area contributed by atoms with E-state index in [2.05, 4.69) is 5.32 Å². The van der Waals surface area contributed by atoms with E-state index < -0.39 is 11.7 Å². The first-order valence-corrected chi connectivity index (χ1v) is 7.75. The van der Waals surface area contributed by atoms with Gasteiger partial charge in [-0.15, -0.1) is 0 Å². The van der Waals surface area contributed by atoms with Crippen molar-refractivity contribution in [2.75, 3.05) is 24.7 Å². The van der Waals surface area contributed by atoms with E-state index in [0.717, 1.165) is 11.8 Å². The standard InChI is InChI=1S/C14H20F3NOS/c1-3-18-10-11-5-6-13(19-7-8-20-4-2)12(9-11)14(15,16)17/h5-6,9,18H,3-4,7-8,10H2,1-2H3. The molecular weight excluding hydrogens is 287 g/mol. The first kappa shape index (κ1) is 17.2. The van der Waals surface area contributed by atoms with Crippen molar-refractivity contribution in [1.82, 2.24) is 5.32 Å². The van der Waals surface area contributed by atoms with Gasteiger partial charge in [0.2, 0.25) is 0 Å². The number of hydrogen-bond acceptors (Lipinski definition) is 3. The van der Waals surface area contributed by atoms with Gasteiger partial charge in [0.1, 0.15) is 5.75 Å². The minimum Gasteiger partial charge on any atom is -0.492 e. The van der Waals surface area contributed by atoms with Gasteiger partial charge in [0.15, 0.2) is 0 Å². The number of ether oxygens (including phenoxy) is 1. The van der Waals surface area contributed by atoms with Gasteiger partial charge in [-0.2, -0.15) is 24.9 Å². The Hall–Kier alpha value is -0.880. The summed E-state index contributed by atoms with van der Waals surface area (Å²) in [7, 11) is 0. The Morgan fingerprint density at radius 1 is 1.25 bits per heavy atom. The van der Waals surface area contributed by atoms with Crippen molar-refractivity contribution in [2.45, 2.75) is 26.6 Å². The maximum Gasteiger partial charge on any atom is 0.419 e. The van der Waals surface area contributed by atoms with E-state index in [1.54, 1.807) is 17.8 Å². The van der Waals surface area contributed by atoms with Gasteiger partial charge in [-0.05, 0) is 30.0 Å². The number of halogens is 3. The van der Waals surface area contributed by atoms with Crippen LogP contribution in [0.25, 0.3) is 0 Å². The summed E-state index contributed by atoms with van der Waals surface area (Å²) in [6, 6.07) is 4.23. The maximum absolute atomic E-state index is 13.0. The number of thioether (sulfide) groups is 1. The lowest BCUT2D eigenvalue weighted by Gasteiger charge is -2.15. The SMILES string of the molecule is CCNCc1ccc(OCCSCC)c(C(F)(F)F)c1. The Labute approximate surface area is 122 Å². The van der Waals surface area contributed by atoms with Crippen LogP contribution < -0.4 is 10.1 Å². The fourth-order valence-electron chi connectivity index (χ4n) is 1.66. The molecule has 0 aliphatic carbocycles. The van der Waals surface area contributed by atoms with Crippen molar-refractivity contribution in [1.29, 1.82) is 0 Å². The van der Waals surface area contributed by atoms with Gasteiger partial charge in [-0.1, -0.05) is 19.9 Å². The lowest BCUT2D eigenvalue weighted by Crippen LogP contribution is -2.14. The molecule has 0 unspecified atom stereocenters. The van der Waals surface area contributed by atoms with Crippen molar-refractivity contribution < 1.29 is 17.9 Å². The molecule has 0 spiro atoms. The summed E-state index contributed by atoms with van der Waals surface area (Å²) < 4.78 is 44.3. The van der Waals surface area contributed by atoms with E-state index in [1.165, 1.54) is 6.07 Å². The van der Waals surface area contributed by atoms with Crippen LogP contribution in [0.3, 0.4) is 0 Å². The van der Waals surface area contributed by atoms with Crippen molar-refractivity contribution >= 4 is 11.8 Å². The van der Waals surface area contributed by atoms with Gasteiger partial charge >= 0.3 is 6.18 Å². The summed E-state index contributed by atoms with van der Waals surface area (Å²) in [5.74, 6) is 1.53. The molecule has 0 saturated heterocycles. The lowest BCUT2D eigenvalue weighted by atomic mass is 10.1. The van der Waals surface area contributed by atoms with Gasteiger partial charge in [-0.3, -0.25) is 0 Å². The van der Waals surface area contributed by atoms with Gasteiger partial charge in [-0.25, -0.2) is 0 Å². The van der Waals surface area contributed by atoms with Crippen molar-refractivity contribution in [3.63, 3.8) is 0 Å². The number of alkyl halides is 3. The highest BCUT2D eigenvalue weighted by molar-refractivity contribution is 7.99. The van der Waals surface area contributed by atoms with Crippen molar-refractivity contribution in [3.8, 4) is 5.75 Å². The number of nitrogens with one attached hydrogen (secondary N) is 1. The Kier molecular flexibility index (Phi) is 7.23. The Balaban J connectivity index is 2.81. The molecule has 1 rings (SSSR count). The number of hydrogen-bond donors (Lipinski definition) is 1. The van der Waals surface area contributed by atoms with Crippen LogP contribution in [0.15, 0.2) is 18.2 Å². The third-order valence-electron chi connectivity index (χ3n) is 2.62. The molecule has 0 aliphatic rings. The highest BCUT2D eigenvalue weighted by Crippen LogP contribution is 2.36. The number of rotatable bonds is 8. The Morgan fingerprint density at radius 3 is 2.60 bits per heavy atom. The highest BCUT2D eigenvalue weighted by atomic mass is 32.2. The van der Waals surface area contributed by atoms with Crippen LogP contribution in [0.5, 0.6) is 5.75 Å². The van der Waals surface area contributed by atoms with Gasteiger partial charge in [0.25, 0.3) is 0 Å². The highest BCUT2D eigenvalue weighted by Gasteiger charge is 2.34. The van der Waals surface area contributed by atoms with Crippen LogP contribution in [0.1, 0.15) is 25.0 Å². The van der Waals surface area contributed by atoms with Gasteiger partial charge in [0, 0.05) is 12.3 Å². The molecule has 1 aromatic carbocycles. The molecule has 0 heterocycles. The maximum atomic E-state index is 13.0. The molecule has 0 atom stereocenters. The summed E-state index contributed by atoms with van der Waals surface area (Å²) in [6.45, 7) is 5.34. The first-order chi connectivity index (χ1) is 9.49. The predicted octanol–water partition coefficient (Wildman–Crippen LogP) is 3.95. The predicted molar refractivity (Wildman–Crippen MR) is 77.3 cm³/mol. The van der Waals surface area contributed by atoms with Crippen LogP contribution in [-0.2, 0) is 12.7 Å². The molecule has 20 heavy (non-hydrogen) atoms. The smallest absolute Gasteiger partial charge is 0.419 e. The van der Waals surface area contributed by atoms with Crippen molar-refractivity contribution in [2.24, 2.45) is 0 Å². The third-order valence-corrected chi connectivity index (χ3v) is 3.48. The largest absolute Gasteiger partial charge is 0.492 e. The fraction of sp³-hybridized carbons (Fsp3) is 0.571.